The molecule has 5 nitrogen and oxygen atoms in total. The molecule has 0 bridgehead atoms. The molecule has 0 aliphatic carbocycles. The van der Waals surface area contributed by atoms with Gasteiger partial charge in [-0.1, -0.05) is 35.0 Å². The number of hydrogen-bond acceptors (Lipinski definition) is 4. The summed E-state index contributed by atoms with van der Waals surface area (Å²) in [4.78, 5) is 11.8. The number of carbonyl (C=O) groups excluding carboxylic acids is 1. The van der Waals surface area contributed by atoms with Crippen LogP contribution in [0.4, 0.5) is 10.5 Å². The second kappa shape index (κ2) is 8.84. The van der Waals surface area contributed by atoms with Crippen LogP contribution in [0, 0.1) is 13.8 Å². The molecular formula is C16H20ClN3O2S. The summed E-state index contributed by atoms with van der Waals surface area (Å²) >= 11 is 7.91. The van der Waals surface area contributed by atoms with Gasteiger partial charge in [0.1, 0.15) is 11.4 Å². The number of benzene rings is 1. The van der Waals surface area contributed by atoms with E-state index in [9.17, 15) is 4.79 Å². The largest absolute Gasteiger partial charge is 0.359 e. The summed E-state index contributed by atoms with van der Waals surface area (Å²) in [5.41, 5.74) is 2.45. The van der Waals surface area contributed by atoms with Crippen molar-refractivity contribution in [3.63, 3.8) is 0 Å². The smallest absolute Gasteiger partial charge is 0.319 e. The number of nitrogens with zero attached hydrogens (tertiary/aromatic N) is 1. The lowest BCUT2D eigenvalue weighted by Gasteiger charge is -2.07. The van der Waals surface area contributed by atoms with Crippen molar-refractivity contribution in [1.29, 1.82) is 0 Å². The number of carbonyl (C=O) groups is 1. The van der Waals surface area contributed by atoms with Gasteiger partial charge in [0.05, 0.1) is 0 Å². The molecule has 0 saturated carbocycles. The first-order valence-corrected chi connectivity index (χ1v) is 8.90. The van der Waals surface area contributed by atoms with Crippen LogP contribution in [0.5, 0.6) is 0 Å². The molecule has 23 heavy (non-hydrogen) atoms. The maximum absolute atomic E-state index is 11.8. The van der Waals surface area contributed by atoms with Crippen molar-refractivity contribution in [2.75, 3.05) is 17.6 Å². The molecule has 1 heterocycles. The molecule has 0 atom stereocenters. The van der Waals surface area contributed by atoms with Crippen LogP contribution in [0.25, 0.3) is 0 Å². The molecule has 124 valence electrons. The third-order valence-electron chi connectivity index (χ3n) is 3.24. The van der Waals surface area contributed by atoms with Gasteiger partial charge in [-0.05, 0) is 37.7 Å². The Morgan fingerprint density at radius 1 is 1.35 bits per heavy atom. The van der Waals surface area contributed by atoms with E-state index in [1.54, 1.807) is 25.6 Å². The molecule has 0 saturated heterocycles. The standard InChI is InChI=1S/C16H20ClN3O2S/c1-11-15(12(2)22-20-11)19-16(21)18-8-5-9-23-10-13-6-3-4-7-14(13)17/h3-4,6-7H,5,8-10H2,1-2H3,(H2,18,19,21). The molecule has 1 aromatic heterocycles. The Balaban J connectivity index is 1.60. The van der Waals surface area contributed by atoms with Crippen molar-refractivity contribution in [2.45, 2.75) is 26.0 Å². The first-order valence-electron chi connectivity index (χ1n) is 7.37. The van der Waals surface area contributed by atoms with Gasteiger partial charge in [0.2, 0.25) is 0 Å². The topological polar surface area (TPSA) is 67.2 Å². The van der Waals surface area contributed by atoms with Gasteiger partial charge in [0.15, 0.2) is 5.76 Å². The van der Waals surface area contributed by atoms with Gasteiger partial charge in [0, 0.05) is 17.3 Å². The van der Waals surface area contributed by atoms with Crippen molar-refractivity contribution in [3.8, 4) is 0 Å². The maximum Gasteiger partial charge on any atom is 0.319 e. The number of hydrogen-bond donors (Lipinski definition) is 2. The lowest BCUT2D eigenvalue weighted by molar-refractivity contribution is 0.252. The van der Waals surface area contributed by atoms with Crippen molar-refractivity contribution < 1.29 is 9.32 Å². The van der Waals surface area contributed by atoms with Gasteiger partial charge in [0.25, 0.3) is 0 Å². The van der Waals surface area contributed by atoms with E-state index in [1.807, 2.05) is 24.3 Å². The Labute approximate surface area is 145 Å². The van der Waals surface area contributed by atoms with Crippen LogP contribution < -0.4 is 10.6 Å². The third kappa shape index (κ3) is 5.48. The molecule has 0 unspecified atom stereocenters. The fourth-order valence-corrected chi connectivity index (χ4v) is 3.24. The van der Waals surface area contributed by atoms with E-state index in [2.05, 4.69) is 15.8 Å². The van der Waals surface area contributed by atoms with E-state index < -0.39 is 0 Å². The molecule has 2 N–H and O–H groups in total. The normalized spacial score (nSPS) is 10.6. The summed E-state index contributed by atoms with van der Waals surface area (Å²) in [5.74, 6) is 2.44. The van der Waals surface area contributed by atoms with Gasteiger partial charge in [-0.25, -0.2) is 4.79 Å². The molecule has 7 heteroatoms. The van der Waals surface area contributed by atoms with Crippen LogP contribution in [0.15, 0.2) is 28.8 Å². The van der Waals surface area contributed by atoms with Crippen LogP contribution in [-0.2, 0) is 5.75 Å². The first kappa shape index (κ1) is 17.7. The summed E-state index contributed by atoms with van der Waals surface area (Å²) < 4.78 is 5.00. The van der Waals surface area contributed by atoms with Crippen LogP contribution in [0.2, 0.25) is 5.02 Å². The number of amides is 2. The lowest BCUT2D eigenvalue weighted by Crippen LogP contribution is -2.30. The van der Waals surface area contributed by atoms with Gasteiger partial charge >= 0.3 is 6.03 Å². The van der Waals surface area contributed by atoms with E-state index in [0.717, 1.165) is 28.5 Å². The number of thioether (sulfide) groups is 1. The van der Waals surface area contributed by atoms with Crippen molar-refractivity contribution in [2.24, 2.45) is 0 Å². The number of aryl methyl sites for hydroxylation is 2. The minimum Gasteiger partial charge on any atom is -0.359 e. The molecule has 0 aliphatic rings. The molecule has 2 aromatic rings. The predicted octanol–water partition coefficient (Wildman–Crippen LogP) is 4.39. The van der Waals surface area contributed by atoms with Crippen LogP contribution in [0.1, 0.15) is 23.4 Å². The van der Waals surface area contributed by atoms with Gasteiger partial charge in [-0.3, -0.25) is 0 Å². The molecule has 2 rings (SSSR count). The molecule has 0 radical (unpaired) electrons. The maximum atomic E-state index is 11.8. The van der Waals surface area contributed by atoms with Gasteiger partial charge in [-0.15, -0.1) is 0 Å². The minimum atomic E-state index is -0.240. The highest BCUT2D eigenvalue weighted by molar-refractivity contribution is 7.98. The third-order valence-corrected chi connectivity index (χ3v) is 4.70. The summed E-state index contributed by atoms with van der Waals surface area (Å²) in [5, 5.41) is 10.2. The summed E-state index contributed by atoms with van der Waals surface area (Å²) in [6, 6.07) is 7.61. The van der Waals surface area contributed by atoms with Crippen molar-refractivity contribution in [1.82, 2.24) is 10.5 Å². The zero-order chi connectivity index (χ0) is 16.7. The van der Waals surface area contributed by atoms with Crippen LogP contribution in [0.3, 0.4) is 0 Å². The molecule has 0 fully saturated rings. The number of rotatable bonds is 7. The van der Waals surface area contributed by atoms with Crippen LogP contribution in [-0.4, -0.2) is 23.5 Å². The number of halogens is 1. The Morgan fingerprint density at radius 3 is 2.83 bits per heavy atom. The van der Waals surface area contributed by atoms with E-state index >= 15 is 0 Å². The van der Waals surface area contributed by atoms with Crippen molar-refractivity contribution >= 4 is 35.1 Å². The Kier molecular flexibility index (Phi) is 6.80. The summed E-state index contributed by atoms with van der Waals surface area (Å²) in [7, 11) is 0. The van der Waals surface area contributed by atoms with Gasteiger partial charge in [-0.2, -0.15) is 11.8 Å². The highest BCUT2D eigenvalue weighted by Crippen LogP contribution is 2.21. The average molecular weight is 354 g/mol. The summed E-state index contributed by atoms with van der Waals surface area (Å²) in [6.45, 7) is 4.17. The Bertz CT molecular complexity index is 641. The number of nitrogens with one attached hydrogen (secondary N) is 2. The number of aromatic nitrogens is 1. The highest BCUT2D eigenvalue weighted by atomic mass is 35.5. The second-order valence-corrected chi connectivity index (χ2v) is 6.59. The fraction of sp³-hybridized carbons (Fsp3) is 0.375. The number of urea groups is 1. The fourth-order valence-electron chi connectivity index (χ4n) is 1.99. The van der Waals surface area contributed by atoms with E-state index in [4.69, 9.17) is 16.1 Å². The average Bonchev–Trinajstić information content (AvgIpc) is 2.84. The van der Waals surface area contributed by atoms with Gasteiger partial charge < -0.3 is 15.2 Å². The SMILES string of the molecule is Cc1noc(C)c1NC(=O)NCCCSCc1ccccc1Cl. The molecular weight excluding hydrogens is 334 g/mol. The molecule has 0 spiro atoms. The molecule has 0 aliphatic heterocycles. The first-order chi connectivity index (χ1) is 11.1. The number of anilines is 1. The minimum absolute atomic E-state index is 0.240. The predicted molar refractivity (Wildman–Crippen MR) is 95.2 cm³/mol. The Morgan fingerprint density at radius 2 is 2.13 bits per heavy atom. The zero-order valence-electron chi connectivity index (χ0n) is 13.2. The molecule has 1 aromatic carbocycles. The van der Waals surface area contributed by atoms with E-state index in [1.165, 1.54) is 0 Å². The van der Waals surface area contributed by atoms with Crippen molar-refractivity contribution in [3.05, 3.63) is 46.3 Å². The lowest BCUT2D eigenvalue weighted by atomic mass is 10.2. The monoisotopic (exact) mass is 353 g/mol. The quantitative estimate of drug-likeness (QED) is 0.724. The molecule has 2 amide bonds. The highest BCUT2D eigenvalue weighted by Gasteiger charge is 2.11. The summed E-state index contributed by atoms with van der Waals surface area (Å²) in [6.07, 6.45) is 0.893. The van der Waals surface area contributed by atoms with Crippen LogP contribution >= 0.6 is 23.4 Å². The van der Waals surface area contributed by atoms with E-state index in [-0.39, 0.29) is 6.03 Å². The van der Waals surface area contributed by atoms with E-state index in [0.29, 0.717) is 23.7 Å². The zero-order valence-corrected chi connectivity index (χ0v) is 14.8. The second-order valence-electron chi connectivity index (χ2n) is 5.08. The Hall–Kier alpha value is -1.66.